The molecule has 2 aromatic heterocycles. The minimum Gasteiger partial charge on any atom is -0.340 e. The topological polar surface area (TPSA) is 59.7 Å². The predicted molar refractivity (Wildman–Crippen MR) is 84.7 cm³/mol. The summed E-state index contributed by atoms with van der Waals surface area (Å²) in [4.78, 5) is 6.70. The van der Waals surface area contributed by atoms with Crippen LogP contribution in [0, 0.1) is 0 Å². The van der Waals surface area contributed by atoms with Gasteiger partial charge in [-0.1, -0.05) is 23.3 Å². The molecule has 1 aliphatic rings. The number of aromatic nitrogens is 5. The quantitative estimate of drug-likeness (QED) is 0.741. The molecule has 3 aromatic rings. The van der Waals surface area contributed by atoms with E-state index in [1.807, 2.05) is 29.1 Å². The van der Waals surface area contributed by atoms with Crippen molar-refractivity contribution in [3.8, 4) is 0 Å². The summed E-state index contributed by atoms with van der Waals surface area (Å²) in [6.07, 6.45) is 5.55. The van der Waals surface area contributed by atoms with Crippen molar-refractivity contribution in [3.05, 3.63) is 42.1 Å². The highest BCUT2D eigenvalue weighted by Crippen LogP contribution is 2.20. The molecule has 1 aliphatic heterocycles. The van der Waals surface area contributed by atoms with Gasteiger partial charge in [0.05, 0.1) is 12.1 Å². The monoisotopic (exact) mass is 294 g/mol. The molecule has 1 saturated heterocycles. The molecule has 1 aromatic carbocycles. The Bertz CT molecular complexity index is 770. The zero-order valence-corrected chi connectivity index (χ0v) is 12.4. The molecule has 22 heavy (non-hydrogen) atoms. The molecule has 0 N–H and O–H groups in total. The van der Waals surface area contributed by atoms with Crippen LogP contribution in [0.2, 0.25) is 0 Å². The third-order valence-corrected chi connectivity index (χ3v) is 4.21. The lowest BCUT2D eigenvalue weighted by molar-refractivity contribution is 0.549. The van der Waals surface area contributed by atoms with Crippen molar-refractivity contribution in [3.63, 3.8) is 0 Å². The number of rotatable bonds is 3. The molecule has 0 aliphatic carbocycles. The van der Waals surface area contributed by atoms with E-state index in [1.165, 1.54) is 24.8 Å². The zero-order chi connectivity index (χ0) is 14.8. The molecule has 6 nitrogen and oxygen atoms in total. The van der Waals surface area contributed by atoms with E-state index in [1.54, 1.807) is 0 Å². The van der Waals surface area contributed by atoms with E-state index in [0.717, 1.165) is 29.9 Å². The Balaban J connectivity index is 1.67. The van der Waals surface area contributed by atoms with Crippen LogP contribution >= 0.6 is 0 Å². The number of benzene rings is 1. The lowest BCUT2D eigenvalue weighted by atomic mass is 10.1. The minimum atomic E-state index is 0.669. The van der Waals surface area contributed by atoms with E-state index in [2.05, 4.69) is 37.5 Å². The second-order valence-corrected chi connectivity index (χ2v) is 5.67. The van der Waals surface area contributed by atoms with Crippen molar-refractivity contribution in [1.82, 2.24) is 25.2 Å². The van der Waals surface area contributed by atoms with Crippen LogP contribution in [-0.2, 0) is 6.54 Å². The van der Waals surface area contributed by atoms with Crippen LogP contribution < -0.4 is 4.90 Å². The maximum Gasteiger partial charge on any atom is 0.245 e. The Hall–Kier alpha value is -2.50. The summed E-state index contributed by atoms with van der Waals surface area (Å²) in [6, 6.07) is 10.3. The van der Waals surface area contributed by atoms with Crippen molar-refractivity contribution in [2.75, 3.05) is 18.0 Å². The fraction of sp³-hybridized carbons (Fsp3) is 0.375. The number of piperidine rings is 1. The second kappa shape index (κ2) is 5.71. The molecule has 112 valence electrons. The maximum atomic E-state index is 4.41. The van der Waals surface area contributed by atoms with Crippen LogP contribution in [-0.4, -0.2) is 38.3 Å². The fourth-order valence-electron chi connectivity index (χ4n) is 3.09. The Labute approximate surface area is 128 Å². The predicted octanol–water partition coefficient (Wildman–Crippen LogP) is 2.26. The Kier molecular flexibility index (Phi) is 3.42. The summed E-state index contributed by atoms with van der Waals surface area (Å²) in [5.74, 6) is 0.876. The number of anilines is 1. The van der Waals surface area contributed by atoms with E-state index < -0.39 is 0 Å². The van der Waals surface area contributed by atoms with Gasteiger partial charge in [0.1, 0.15) is 0 Å². The molecule has 0 spiro atoms. The van der Waals surface area contributed by atoms with E-state index >= 15 is 0 Å². The Morgan fingerprint density at radius 1 is 1.00 bits per heavy atom. The molecule has 6 heteroatoms. The van der Waals surface area contributed by atoms with Crippen LogP contribution in [0.15, 0.2) is 36.5 Å². The van der Waals surface area contributed by atoms with E-state index in [4.69, 9.17) is 0 Å². The highest BCUT2D eigenvalue weighted by molar-refractivity contribution is 5.81. The number of pyridine rings is 1. The first-order chi connectivity index (χ1) is 10.9. The highest BCUT2D eigenvalue weighted by atomic mass is 15.6. The normalized spacial score (nSPS) is 15.4. The second-order valence-electron chi connectivity index (χ2n) is 5.67. The Morgan fingerprint density at radius 2 is 1.91 bits per heavy atom. The van der Waals surface area contributed by atoms with Crippen molar-refractivity contribution in [1.29, 1.82) is 0 Å². The van der Waals surface area contributed by atoms with Gasteiger partial charge in [-0.2, -0.15) is 0 Å². The molecule has 4 rings (SSSR count). The van der Waals surface area contributed by atoms with Crippen molar-refractivity contribution in [2.24, 2.45) is 0 Å². The van der Waals surface area contributed by atoms with Gasteiger partial charge in [0, 0.05) is 24.7 Å². The van der Waals surface area contributed by atoms with Gasteiger partial charge in [-0.05, 0) is 47.4 Å². The van der Waals surface area contributed by atoms with Gasteiger partial charge in [-0.3, -0.25) is 4.98 Å². The molecule has 0 radical (unpaired) electrons. The number of hydrogen-bond donors (Lipinski definition) is 0. The molecular weight excluding hydrogens is 276 g/mol. The lowest BCUT2D eigenvalue weighted by Crippen LogP contribution is -2.32. The van der Waals surface area contributed by atoms with Crippen molar-refractivity contribution >= 4 is 16.9 Å². The van der Waals surface area contributed by atoms with Gasteiger partial charge in [0.25, 0.3) is 0 Å². The number of hydrogen-bond acceptors (Lipinski definition) is 5. The Morgan fingerprint density at radius 3 is 2.82 bits per heavy atom. The van der Waals surface area contributed by atoms with Crippen LogP contribution in [0.1, 0.15) is 24.8 Å². The first kappa shape index (κ1) is 13.2. The van der Waals surface area contributed by atoms with Crippen molar-refractivity contribution in [2.45, 2.75) is 25.8 Å². The molecule has 0 bridgehead atoms. The van der Waals surface area contributed by atoms with Gasteiger partial charge in [-0.25, -0.2) is 4.68 Å². The van der Waals surface area contributed by atoms with Gasteiger partial charge < -0.3 is 4.90 Å². The average molecular weight is 294 g/mol. The van der Waals surface area contributed by atoms with Crippen LogP contribution in [0.4, 0.5) is 5.95 Å². The molecule has 1 fully saturated rings. The van der Waals surface area contributed by atoms with Gasteiger partial charge in [-0.15, -0.1) is 0 Å². The lowest BCUT2D eigenvalue weighted by Gasteiger charge is -2.26. The fourth-order valence-corrected chi connectivity index (χ4v) is 3.09. The summed E-state index contributed by atoms with van der Waals surface area (Å²) in [6.45, 7) is 2.75. The van der Waals surface area contributed by atoms with Gasteiger partial charge >= 0.3 is 0 Å². The maximum absolute atomic E-state index is 4.41. The molecule has 0 saturated carbocycles. The molecule has 0 amide bonds. The standard InChI is InChI=1S/C16H18N6/c1-2-10-21(11-3-1)16-18-19-20-22(16)12-13-6-4-8-15-14(13)7-5-9-17-15/h4-9H,1-3,10-12H2. The van der Waals surface area contributed by atoms with E-state index in [0.29, 0.717) is 6.54 Å². The number of tetrazole rings is 1. The first-order valence-corrected chi connectivity index (χ1v) is 7.75. The summed E-state index contributed by atoms with van der Waals surface area (Å²) in [5, 5.41) is 13.5. The zero-order valence-electron chi connectivity index (χ0n) is 12.4. The van der Waals surface area contributed by atoms with Crippen LogP contribution in [0.25, 0.3) is 10.9 Å². The molecule has 0 atom stereocenters. The summed E-state index contributed by atoms with van der Waals surface area (Å²) < 4.78 is 1.90. The number of fused-ring (bicyclic) bond motifs is 1. The largest absolute Gasteiger partial charge is 0.340 e. The third-order valence-electron chi connectivity index (χ3n) is 4.21. The van der Waals surface area contributed by atoms with E-state index in [-0.39, 0.29) is 0 Å². The number of nitrogens with zero attached hydrogens (tertiary/aromatic N) is 6. The first-order valence-electron chi connectivity index (χ1n) is 7.75. The third kappa shape index (κ3) is 2.41. The average Bonchev–Trinajstić information content (AvgIpc) is 3.04. The summed E-state index contributed by atoms with van der Waals surface area (Å²) >= 11 is 0. The van der Waals surface area contributed by atoms with Crippen LogP contribution in [0.5, 0.6) is 0 Å². The minimum absolute atomic E-state index is 0.669. The molecule has 0 unspecified atom stereocenters. The molecular formula is C16H18N6. The van der Waals surface area contributed by atoms with Crippen LogP contribution in [0.3, 0.4) is 0 Å². The summed E-state index contributed by atoms with van der Waals surface area (Å²) in [5.41, 5.74) is 2.20. The SMILES string of the molecule is c1cc(Cn2nnnc2N2CCCCC2)c2cccnc2c1. The summed E-state index contributed by atoms with van der Waals surface area (Å²) in [7, 11) is 0. The smallest absolute Gasteiger partial charge is 0.245 e. The van der Waals surface area contributed by atoms with E-state index in [9.17, 15) is 0 Å². The highest BCUT2D eigenvalue weighted by Gasteiger charge is 2.18. The van der Waals surface area contributed by atoms with Gasteiger partial charge in [0.15, 0.2) is 0 Å². The van der Waals surface area contributed by atoms with Crippen molar-refractivity contribution < 1.29 is 0 Å². The molecule has 3 heterocycles. The van der Waals surface area contributed by atoms with Gasteiger partial charge in [0.2, 0.25) is 5.95 Å².